The molecule has 1 amide bonds. The molecule has 0 atom stereocenters. The quantitative estimate of drug-likeness (QED) is 0.558. The van der Waals surface area contributed by atoms with Gasteiger partial charge in [0.2, 0.25) is 0 Å². The lowest BCUT2D eigenvalue weighted by atomic mass is 10.2. The Bertz CT molecular complexity index is 472. The number of amides is 1. The number of methoxy groups -OCH3 is 1. The molecule has 0 radical (unpaired) electrons. The topological polar surface area (TPSA) is 64.6 Å². The summed E-state index contributed by atoms with van der Waals surface area (Å²) in [5, 5.41) is 2.82. The number of ether oxygens (including phenoxy) is 2. The molecule has 0 aliphatic rings. The molecule has 0 bridgehead atoms. The number of esters is 1. The molecule has 6 heteroatoms. The van der Waals surface area contributed by atoms with Crippen molar-refractivity contribution < 1.29 is 19.1 Å². The summed E-state index contributed by atoms with van der Waals surface area (Å²) in [5.41, 5.74) is 0. The summed E-state index contributed by atoms with van der Waals surface area (Å²) >= 11 is 1.36. The maximum Gasteiger partial charge on any atom is 0.316 e. The van der Waals surface area contributed by atoms with Crippen LogP contribution in [-0.4, -0.2) is 37.4 Å². The number of hydrogen-bond acceptors (Lipinski definition) is 5. The molecule has 0 spiro atoms. The van der Waals surface area contributed by atoms with Crippen LogP contribution in [-0.2, 0) is 14.3 Å². The average Bonchev–Trinajstić information content (AvgIpc) is 2.56. The Balaban J connectivity index is 2.26. The molecule has 122 valence electrons. The fraction of sp³-hybridized carbons (Fsp3) is 0.500. The summed E-state index contributed by atoms with van der Waals surface area (Å²) in [6.07, 6.45) is 1.73. The molecule has 5 nitrogen and oxygen atoms in total. The van der Waals surface area contributed by atoms with Gasteiger partial charge in [0, 0.05) is 10.9 Å². The Labute approximate surface area is 135 Å². The van der Waals surface area contributed by atoms with Crippen LogP contribution in [0, 0.1) is 0 Å². The van der Waals surface area contributed by atoms with E-state index in [9.17, 15) is 9.59 Å². The minimum atomic E-state index is -0.402. The number of carbonyl (C=O) groups is 2. The van der Waals surface area contributed by atoms with Crippen molar-refractivity contribution in [3.8, 4) is 5.75 Å². The number of carbonyl (C=O) groups excluding carboxylic acids is 2. The van der Waals surface area contributed by atoms with Gasteiger partial charge in [-0.05, 0) is 37.1 Å². The van der Waals surface area contributed by atoms with E-state index >= 15 is 0 Å². The van der Waals surface area contributed by atoms with Gasteiger partial charge in [0.15, 0.2) is 6.61 Å². The zero-order valence-corrected chi connectivity index (χ0v) is 14.1. The van der Waals surface area contributed by atoms with E-state index < -0.39 is 5.97 Å². The average molecular weight is 325 g/mol. The first kappa shape index (κ1) is 18.4. The molecular weight excluding hydrogens is 302 g/mol. The maximum atomic E-state index is 11.6. The zero-order chi connectivity index (χ0) is 16.4. The van der Waals surface area contributed by atoms with Crippen molar-refractivity contribution in [3.05, 3.63) is 24.3 Å². The van der Waals surface area contributed by atoms with Crippen LogP contribution in [0.3, 0.4) is 0 Å². The van der Waals surface area contributed by atoms with Crippen LogP contribution in [0.1, 0.15) is 26.7 Å². The van der Waals surface area contributed by atoms with Crippen LogP contribution < -0.4 is 10.1 Å². The van der Waals surface area contributed by atoms with Crippen LogP contribution in [0.5, 0.6) is 5.75 Å². The number of rotatable bonds is 9. The first-order chi connectivity index (χ1) is 10.6. The van der Waals surface area contributed by atoms with E-state index in [-0.39, 0.29) is 24.3 Å². The molecule has 0 fully saturated rings. The monoisotopic (exact) mass is 325 g/mol. The van der Waals surface area contributed by atoms with Crippen molar-refractivity contribution in [2.24, 2.45) is 0 Å². The number of thioether (sulfide) groups is 1. The van der Waals surface area contributed by atoms with Crippen molar-refractivity contribution in [1.82, 2.24) is 5.32 Å². The second-order valence-corrected chi connectivity index (χ2v) is 5.75. The Hall–Kier alpha value is -1.69. The molecule has 0 saturated heterocycles. The minimum Gasteiger partial charge on any atom is -0.497 e. The number of benzene rings is 1. The fourth-order valence-corrected chi connectivity index (χ4v) is 2.46. The molecule has 1 N–H and O–H groups in total. The summed E-state index contributed by atoms with van der Waals surface area (Å²) in [6.45, 7) is 3.79. The highest BCUT2D eigenvalue weighted by atomic mass is 32.2. The van der Waals surface area contributed by atoms with Crippen LogP contribution >= 0.6 is 11.8 Å². The minimum absolute atomic E-state index is 0.139. The second-order valence-electron chi connectivity index (χ2n) is 4.71. The molecule has 0 saturated carbocycles. The number of hydrogen-bond donors (Lipinski definition) is 1. The molecule has 0 aliphatic carbocycles. The van der Waals surface area contributed by atoms with Crippen molar-refractivity contribution >= 4 is 23.6 Å². The van der Waals surface area contributed by atoms with Gasteiger partial charge < -0.3 is 14.8 Å². The zero-order valence-electron chi connectivity index (χ0n) is 13.3. The van der Waals surface area contributed by atoms with Gasteiger partial charge in [0.25, 0.3) is 5.91 Å². The van der Waals surface area contributed by atoms with Crippen molar-refractivity contribution in [2.45, 2.75) is 37.6 Å². The summed E-state index contributed by atoms with van der Waals surface area (Å²) in [6, 6.07) is 7.54. The Morgan fingerprint density at radius 1 is 1.18 bits per heavy atom. The van der Waals surface area contributed by atoms with Gasteiger partial charge in [-0.3, -0.25) is 9.59 Å². The third-order valence-electron chi connectivity index (χ3n) is 3.13. The van der Waals surface area contributed by atoms with E-state index in [2.05, 4.69) is 5.32 Å². The summed E-state index contributed by atoms with van der Waals surface area (Å²) in [4.78, 5) is 24.2. The Morgan fingerprint density at radius 3 is 2.36 bits per heavy atom. The van der Waals surface area contributed by atoms with E-state index in [4.69, 9.17) is 9.47 Å². The molecule has 0 heterocycles. The van der Waals surface area contributed by atoms with Gasteiger partial charge in [-0.25, -0.2) is 0 Å². The molecule has 1 aromatic carbocycles. The van der Waals surface area contributed by atoms with Gasteiger partial charge in [-0.2, -0.15) is 0 Å². The largest absolute Gasteiger partial charge is 0.497 e. The molecular formula is C16H23NO4S. The molecule has 0 aromatic heterocycles. The standard InChI is InChI=1S/C16H23NO4S/c1-4-12(5-2)17-15(18)10-21-16(19)11-22-14-8-6-13(20-3)7-9-14/h6-9,12H,4-5,10-11H2,1-3H3,(H,17,18). The van der Waals surface area contributed by atoms with Gasteiger partial charge in [-0.15, -0.1) is 11.8 Å². The Morgan fingerprint density at radius 2 is 1.82 bits per heavy atom. The van der Waals surface area contributed by atoms with E-state index in [1.54, 1.807) is 7.11 Å². The summed E-state index contributed by atoms with van der Waals surface area (Å²) in [7, 11) is 1.60. The van der Waals surface area contributed by atoms with Crippen molar-refractivity contribution in [1.29, 1.82) is 0 Å². The third-order valence-corrected chi connectivity index (χ3v) is 4.12. The molecule has 1 aromatic rings. The van der Waals surface area contributed by atoms with Crippen molar-refractivity contribution in [2.75, 3.05) is 19.5 Å². The summed E-state index contributed by atoms with van der Waals surface area (Å²) in [5.74, 6) is 0.284. The highest BCUT2D eigenvalue weighted by Gasteiger charge is 2.11. The highest BCUT2D eigenvalue weighted by Crippen LogP contribution is 2.21. The predicted molar refractivity (Wildman–Crippen MR) is 87.2 cm³/mol. The first-order valence-electron chi connectivity index (χ1n) is 7.30. The van der Waals surface area contributed by atoms with E-state index in [1.165, 1.54) is 11.8 Å². The molecule has 22 heavy (non-hydrogen) atoms. The van der Waals surface area contributed by atoms with Crippen LogP contribution in [0.15, 0.2) is 29.2 Å². The third kappa shape index (κ3) is 6.85. The van der Waals surface area contributed by atoms with Gasteiger partial charge >= 0.3 is 5.97 Å². The van der Waals surface area contributed by atoms with Crippen LogP contribution in [0.2, 0.25) is 0 Å². The normalized spacial score (nSPS) is 10.4. The highest BCUT2D eigenvalue weighted by molar-refractivity contribution is 8.00. The van der Waals surface area contributed by atoms with Crippen LogP contribution in [0.4, 0.5) is 0 Å². The van der Waals surface area contributed by atoms with Crippen LogP contribution in [0.25, 0.3) is 0 Å². The van der Waals surface area contributed by atoms with Gasteiger partial charge in [-0.1, -0.05) is 13.8 Å². The second kappa shape index (κ2) is 10.1. The molecule has 1 rings (SSSR count). The number of nitrogens with one attached hydrogen (secondary N) is 1. The van der Waals surface area contributed by atoms with Crippen molar-refractivity contribution in [3.63, 3.8) is 0 Å². The lowest BCUT2D eigenvalue weighted by Gasteiger charge is -2.14. The van der Waals surface area contributed by atoms with E-state index in [1.807, 2.05) is 38.1 Å². The maximum absolute atomic E-state index is 11.6. The van der Waals surface area contributed by atoms with E-state index in [0.717, 1.165) is 23.5 Å². The summed E-state index contributed by atoms with van der Waals surface area (Å²) < 4.78 is 10.0. The van der Waals surface area contributed by atoms with E-state index in [0.29, 0.717) is 0 Å². The lowest BCUT2D eigenvalue weighted by molar-refractivity contribution is -0.146. The lowest BCUT2D eigenvalue weighted by Crippen LogP contribution is -2.37. The SMILES string of the molecule is CCC(CC)NC(=O)COC(=O)CSc1ccc(OC)cc1. The molecule has 0 unspecified atom stereocenters. The Kier molecular flexibility index (Phi) is 8.43. The smallest absolute Gasteiger partial charge is 0.316 e. The van der Waals surface area contributed by atoms with Gasteiger partial charge in [0.05, 0.1) is 12.9 Å². The van der Waals surface area contributed by atoms with Gasteiger partial charge in [0.1, 0.15) is 5.75 Å². The predicted octanol–water partition coefficient (Wildman–Crippen LogP) is 2.64. The fourth-order valence-electron chi connectivity index (χ4n) is 1.76. The molecule has 0 aliphatic heterocycles. The first-order valence-corrected chi connectivity index (χ1v) is 8.29.